The van der Waals surface area contributed by atoms with Gasteiger partial charge in [0.15, 0.2) is 0 Å². The lowest BCUT2D eigenvalue weighted by Gasteiger charge is -2.04. The molecule has 0 radical (unpaired) electrons. The molecule has 2 nitrogen and oxygen atoms in total. The molecule has 1 rings (SSSR count). The van der Waals surface area contributed by atoms with Gasteiger partial charge in [-0.3, -0.25) is 0 Å². The summed E-state index contributed by atoms with van der Waals surface area (Å²) in [5.41, 5.74) is 1.16. The highest BCUT2D eigenvalue weighted by Gasteiger charge is 2.09. The maximum absolute atomic E-state index is 8.52. The average Bonchev–Trinajstić information content (AvgIpc) is 2.17. The summed E-state index contributed by atoms with van der Waals surface area (Å²) in [7, 11) is 0. The van der Waals surface area contributed by atoms with E-state index in [-0.39, 0.29) is 6.61 Å². The van der Waals surface area contributed by atoms with Crippen molar-refractivity contribution in [2.24, 2.45) is 0 Å². The van der Waals surface area contributed by atoms with Crippen molar-refractivity contribution in [2.45, 2.75) is 18.7 Å². The molecule has 0 bridgehead atoms. The first-order chi connectivity index (χ1) is 4.33. The minimum absolute atomic E-state index is 0.242. The third kappa shape index (κ3) is 1.91. The number of aliphatic hydroxyl groups excluding tert-OH is 1. The SMILES string of the molecule is CC1NC(CCO)=CS1. The third-order valence-electron chi connectivity index (χ3n) is 1.18. The van der Waals surface area contributed by atoms with Crippen molar-refractivity contribution in [3.63, 3.8) is 0 Å². The van der Waals surface area contributed by atoms with Crippen LogP contribution >= 0.6 is 11.8 Å². The molecule has 3 heteroatoms. The first-order valence-corrected chi connectivity index (χ1v) is 3.99. The standard InChI is InChI=1S/C6H11NOS/c1-5-7-6(2-3-8)4-9-5/h4-5,7-8H,2-3H2,1H3. The molecule has 1 aliphatic heterocycles. The van der Waals surface area contributed by atoms with Gasteiger partial charge in [-0.2, -0.15) is 0 Å². The molecule has 1 unspecified atom stereocenters. The van der Waals surface area contributed by atoms with Gasteiger partial charge in [-0.15, -0.1) is 11.8 Å². The van der Waals surface area contributed by atoms with Gasteiger partial charge < -0.3 is 10.4 Å². The Morgan fingerprint density at radius 2 is 2.67 bits per heavy atom. The van der Waals surface area contributed by atoms with Gasteiger partial charge in [-0.1, -0.05) is 0 Å². The lowest BCUT2D eigenvalue weighted by atomic mass is 10.3. The van der Waals surface area contributed by atoms with E-state index in [0.717, 1.165) is 12.1 Å². The van der Waals surface area contributed by atoms with E-state index in [1.54, 1.807) is 11.8 Å². The van der Waals surface area contributed by atoms with E-state index in [2.05, 4.69) is 17.6 Å². The van der Waals surface area contributed by atoms with E-state index >= 15 is 0 Å². The fraction of sp³-hybridized carbons (Fsp3) is 0.667. The first kappa shape index (κ1) is 6.96. The number of aliphatic hydroxyl groups is 1. The molecule has 1 atom stereocenters. The Hall–Kier alpha value is -0.150. The number of thioether (sulfide) groups is 1. The van der Waals surface area contributed by atoms with Crippen molar-refractivity contribution in [2.75, 3.05) is 6.61 Å². The van der Waals surface area contributed by atoms with Crippen LogP contribution in [0.4, 0.5) is 0 Å². The normalized spacial score (nSPS) is 25.6. The molecule has 1 aliphatic rings. The summed E-state index contributed by atoms with van der Waals surface area (Å²) in [5, 5.41) is 14.3. The molecule has 0 spiro atoms. The van der Waals surface area contributed by atoms with Crippen LogP contribution in [0.5, 0.6) is 0 Å². The van der Waals surface area contributed by atoms with E-state index in [0.29, 0.717) is 5.37 Å². The topological polar surface area (TPSA) is 32.3 Å². The van der Waals surface area contributed by atoms with Crippen LogP contribution in [0, 0.1) is 0 Å². The highest BCUT2D eigenvalue weighted by atomic mass is 32.2. The van der Waals surface area contributed by atoms with Crippen LogP contribution in [0.25, 0.3) is 0 Å². The molecule has 0 amide bonds. The Balaban J connectivity index is 2.27. The first-order valence-electron chi connectivity index (χ1n) is 3.05. The molecule has 0 saturated carbocycles. The van der Waals surface area contributed by atoms with Crippen LogP contribution in [-0.2, 0) is 0 Å². The summed E-state index contributed by atoms with van der Waals surface area (Å²) in [4.78, 5) is 0. The van der Waals surface area contributed by atoms with Crippen molar-refractivity contribution in [1.29, 1.82) is 0 Å². The van der Waals surface area contributed by atoms with Crippen molar-refractivity contribution in [3.05, 3.63) is 11.1 Å². The Kier molecular flexibility index (Phi) is 2.42. The highest BCUT2D eigenvalue weighted by molar-refractivity contribution is 8.02. The molecule has 9 heavy (non-hydrogen) atoms. The van der Waals surface area contributed by atoms with E-state index in [9.17, 15) is 0 Å². The predicted molar refractivity (Wildman–Crippen MR) is 40.0 cm³/mol. The Morgan fingerprint density at radius 3 is 3.11 bits per heavy atom. The summed E-state index contributed by atoms with van der Waals surface area (Å²) in [6, 6.07) is 0. The maximum Gasteiger partial charge on any atom is 0.0732 e. The molecule has 0 aromatic carbocycles. The molecule has 0 saturated heterocycles. The van der Waals surface area contributed by atoms with Crippen LogP contribution in [-0.4, -0.2) is 17.1 Å². The summed E-state index contributed by atoms with van der Waals surface area (Å²) in [5.74, 6) is 0. The molecule has 0 fully saturated rings. The molecule has 2 N–H and O–H groups in total. The largest absolute Gasteiger partial charge is 0.396 e. The number of rotatable bonds is 2. The number of hydrogen-bond donors (Lipinski definition) is 2. The van der Waals surface area contributed by atoms with E-state index < -0.39 is 0 Å². The smallest absolute Gasteiger partial charge is 0.0732 e. The number of nitrogens with one attached hydrogen (secondary N) is 1. The summed E-state index contributed by atoms with van der Waals surface area (Å²) >= 11 is 1.76. The van der Waals surface area contributed by atoms with Crippen LogP contribution < -0.4 is 5.32 Å². The average molecular weight is 145 g/mol. The van der Waals surface area contributed by atoms with Gasteiger partial charge in [0.1, 0.15) is 0 Å². The van der Waals surface area contributed by atoms with Crippen LogP contribution in [0.2, 0.25) is 0 Å². The minimum atomic E-state index is 0.242. The predicted octanol–water partition coefficient (Wildman–Crippen LogP) is 0.893. The van der Waals surface area contributed by atoms with Gasteiger partial charge in [-0.25, -0.2) is 0 Å². The van der Waals surface area contributed by atoms with E-state index in [1.165, 1.54) is 0 Å². The summed E-state index contributed by atoms with van der Waals surface area (Å²) < 4.78 is 0. The van der Waals surface area contributed by atoms with Crippen LogP contribution in [0.1, 0.15) is 13.3 Å². The van der Waals surface area contributed by atoms with Gasteiger partial charge in [0.25, 0.3) is 0 Å². The maximum atomic E-state index is 8.52. The minimum Gasteiger partial charge on any atom is -0.396 e. The molecule has 0 aromatic heterocycles. The highest BCUT2D eigenvalue weighted by Crippen LogP contribution is 2.20. The summed E-state index contributed by atoms with van der Waals surface area (Å²) in [6.07, 6.45) is 0.761. The van der Waals surface area contributed by atoms with Gasteiger partial charge >= 0.3 is 0 Å². The second-order valence-corrected chi connectivity index (χ2v) is 3.25. The van der Waals surface area contributed by atoms with Gasteiger partial charge in [0.05, 0.1) is 5.37 Å². The lowest BCUT2D eigenvalue weighted by molar-refractivity contribution is 0.296. The fourth-order valence-electron chi connectivity index (χ4n) is 0.765. The molecule has 52 valence electrons. The van der Waals surface area contributed by atoms with Gasteiger partial charge in [-0.05, 0) is 12.3 Å². The second kappa shape index (κ2) is 3.13. The third-order valence-corrected chi connectivity index (χ3v) is 2.13. The monoisotopic (exact) mass is 145 g/mol. The molecule has 0 aliphatic carbocycles. The molecule has 1 heterocycles. The zero-order valence-corrected chi connectivity index (χ0v) is 6.24. The summed E-state index contributed by atoms with van der Waals surface area (Å²) in [6.45, 7) is 2.34. The lowest BCUT2D eigenvalue weighted by Crippen LogP contribution is -2.16. The van der Waals surface area contributed by atoms with Crippen molar-refractivity contribution < 1.29 is 5.11 Å². The fourth-order valence-corrected chi connectivity index (χ4v) is 1.54. The van der Waals surface area contributed by atoms with Gasteiger partial charge in [0.2, 0.25) is 0 Å². The van der Waals surface area contributed by atoms with Crippen molar-refractivity contribution in [3.8, 4) is 0 Å². The number of hydrogen-bond acceptors (Lipinski definition) is 3. The molecular formula is C6H11NOS. The molecular weight excluding hydrogens is 134 g/mol. The second-order valence-electron chi connectivity index (χ2n) is 2.04. The Morgan fingerprint density at radius 1 is 1.89 bits per heavy atom. The Labute approximate surface area is 59.3 Å². The van der Waals surface area contributed by atoms with Gasteiger partial charge in [0, 0.05) is 18.7 Å². The quantitative estimate of drug-likeness (QED) is 0.605. The van der Waals surface area contributed by atoms with E-state index in [1.807, 2.05) is 0 Å². The Bertz CT molecular complexity index is 124. The van der Waals surface area contributed by atoms with Crippen molar-refractivity contribution in [1.82, 2.24) is 5.32 Å². The van der Waals surface area contributed by atoms with Crippen molar-refractivity contribution >= 4 is 11.8 Å². The zero-order chi connectivity index (χ0) is 6.69. The zero-order valence-electron chi connectivity index (χ0n) is 5.42. The van der Waals surface area contributed by atoms with E-state index in [4.69, 9.17) is 5.11 Å². The molecule has 0 aromatic rings. The van der Waals surface area contributed by atoms with Crippen LogP contribution in [0.3, 0.4) is 0 Å². The van der Waals surface area contributed by atoms with Crippen LogP contribution in [0.15, 0.2) is 11.1 Å².